The Labute approximate surface area is 82.2 Å². The van der Waals surface area contributed by atoms with Crippen LogP contribution in [0.1, 0.15) is 20.8 Å². The molecule has 0 radical (unpaired) electrons. The smallest absolute Gasteiger partial charge is 0.374 e. The molecule has 70 valence electrons. The van der Waals surface area contributed by atoms with Crippen molar-refractivity contribution in [3.05, 3.63) is 0 Å². The second-order valence-corrected chi connectivity index (χ2v) is 3.98. The first-order chi connectivity index (χ1) is 5.56. The van der Waals surface area contributed by atoms with Crippen molar-refractivity contribution in [2.45, 2.75) is 26.8 Å². The van der Waals surface area contributed by atoms with Crippen molar-refractivity contribution in [1.29, 1.82) is 0 Å². The number of carbonyl (C=O) groups excluding carboxylic acids is 1. The van der Waals surface area contributed by atoms with Gasteiger partial charge in [0.05, 0.1) is 6.61 Å². The molecular weight excluding hydrogens is 194 g/mol. The molecule has 0 atom stereocenters. The van der Waals surface area contributed by atoms with Gasteiger partial charge in [-0.1, -0.05) is 12.2 Å². The lowest BCUT2D eigenvalue weighted by molar-refractivity contribution is 0.182. The van der Waals surface area contributed by atoms with Crippen LogP contribution >= 0.6 is 24.0 Å². The second kappa shape index (κ2) is 6.25. The highest BCUT2D eigenvalue weighted by molar-refractivity contribution is 8.32. The molecule has 0 bridgehead atoms. The lowest BCUT2D eigenvalue weighted by atomic mass is 10.4. The van der Waals surface area contributed by atoms with Gasteiger partial charge in [0, 0.05) is 17.8 Å². The molecule has 0 aromatic carbocycles. The van der Waals surface area contributed by atoms with Crippen LogP contribution in [0.2, 0.25) is 0 Å². The topological polar surface area (TPSA) is 38.3 Å². The van der Waals surface area contributed by atoms with E-state index in [1.807, 2.05) is 13.8 Å². The summed E-state index contributed by atoms with van der Waals surface area (Å²) >= 11 is 5.78. The maximum atomic E-state index is 10.8. The minimum absolute atomic E-state index is 0.249. The Morgan fingerprint density at radius 2 is 2.25 bits per heavy atom. The van der Waals surface area contributed by atoms with E-state index in [0.717, 1.165) is 11.8 Å². The fourth-order valence-electron chi connectivity index (χ4n) is 0.488. The molecule has 5 heteroatoms. The molecule has 0 aliphatic carbocycles. The summed E-state index contributed by atoms with van der Waals surface area (Å²) in [4.78, 5) is 10.8. The van der Waals surface area contributed by atoms with E-state index in [1.54, 1.807) is 6.92 Å². The average Bonchev–Trinajstić information content (AvgIpc) is 1.84. The summed E-state index contributed by atoms with van der Waals surface area (Å²) in [5.41, 5.74) is 0. The maximum absolute atomic E-state index is 10.8. The molecule has 0 aromatic rings. The largest absolute Gasteiger partial charge is 0.458 e. The Morgan fingerprint density at radius 1 is 1.67 bits per heavy atom. The highest BCUT2D eigenvalue weighted by Crippen LogP contribution is 2.06. The quantitative estimate of drug-likeness (QED) is 0.555. The van der Waals surface area contributed by atoms with E-state index in [2.05, 4.69) is 5.32 Å². The van der Waals surface area contributed by atoms with Crippen molar-refractivity contribution in [2.24, 2.45) is 0 Å². The van der Waals surface area contributed by atoms with Crippen LogP contribution in [0.4, 0.5) is 4.79 Å². The number of nitrogens with one attached hydrogen (secondary N) is 1. The molecule has 1 N–H and O–H groups in total. The summed E-state index contributed by atoms with van der Waals surface area (Å²) < 4.78 is 5.15. The highest BCUT2D eigenvalue weighted by atomic mass is 32.2. The van der Waals surface area contributed by atoms with Crippen LogP contribution in [0, 0.1) is 0 Å². The van der Waals surface area contributed by atoms with E-state index < -0.39 is 0 Å². The van der Waals surface area contributed by atoms with Crippen LogP contribution in [0.15, 0.2) is 0 Å². The predicted octanol–water partition coefficient (Wildman–Crippen LogP) is 2.16. The molecule has 0 saturated heterocycles. The molecule has 0 aromatic heterocycles. The first-order valence-corrected chi connectivity index (χ1v) is 4.93. The zero-order valence-electron chi connectivity index (χ0n) is 7.42. The van der Waals surface area contributed by atoms with Crippen LogP contribution in [0.5, 0.6) is 0 Å². The van der Waals surface area contributed by atoms with E-state index in [9.17, 15) is 4.79 Å². The zero-order valence-corrected chi connectivity index (χ0v) is 9.05. The molecule has 0 unspecified atom stereocenters. The third-order valence-corrected chi connectivity index (χ3v) is 1.80. The number of hydrogen-bond donors (Lipinski definition) is 1. The molecule has 0 fully saturated rings. The molecule has 0 aliphatic rings. The number of hydrogen-bond acceptors (Lipinski definition) is 4. The van der Waals surface area contributed by atoms with Crippen molar-refractivity contribution < 1.29 is 9.53 Å². The molecule has 0 spiro atoms. The maximum Gasteiger partial charge on any atom is 0.374 e. The minimum atomic E-state index is -0.351. The van der Waals surface area contributed by atoms with Gasteiger partial charge in [-0.05, 0) is 20.8 Å². The van der Waals surface area contributed by atoms with Crippen molar-refractivity contribution in [3.63, 3.8) is 0 Å². The number of thiocarbonyl (C=S) groups is 1. The monoisotopic (exact) mass is 207 g/mol. The van der Waals surface area contributed by atoms with Gasteiger partial charge >= 0.3 is 5.30 Å². The molecule has 3 nitrogen and oxygen atoms in total. The first kappa shape index (κ1) is 11.7. The van der Waals surface area contributed by atoms with Gasteiger partial charge in [0.1, 0.15) is 4.32 Å². The normalized spacial score (nSPS) is 9.67. The SMILES string of the molecule is CCOC(=O)SC(=S)NC(C)C. The number of carbonyl (C=O) groups is 1. The van der Waals surface area contributed by atoms with Crippen LogP contribution in [0.3, 0.4) is 0 Å². The third kappa shape index (κ3) is 6.42. The van der Waals surface area contributed by atoms with Crippen LogP contribution < -0.4 is 5.32 Å². The molecule has 12 heavy (non-hydrogen) atoms. The Hall–Kier alpha value is -0.290. The van der Waals surface area contributed by atoms with Crippen molar-refractivity contribution >= 4 is 33.6 Å². The second-order valence-electron chi connectivity index (χ2n) is 2.37. The predicted molar refractivity (Wildman–Crippen MR) is 55.5 cm³/mol. The lowest BCUT2D eigenvalue weighted by Gasteiger charge is -2.08. The lowest BCUT2D eigenvalue weighted by Crippen LogP contribution is -2.27. The Bertz CT molecular complexity index is 171. The average molecular weight is 207 g/mol. The first-order valence-electron chi connectivity index (χ1n) is 3.71. The number of rotatable bonds is 2. The molecule has 0 rings (SSSR count). The van der Waals surface area contributed by atoms with E-state index in [1.165, 1.54) is 0 Å². The third-order valence-electron chi connectivity index (χ3n) is 0.845. The molecule has 0 amide bonds. The number of ether oxygens (including phenoxy) is 1. The summed E-state index contributed by atoms with van der Waals surface area (Å²) in [5, 5.41) is 2.57. The van der Waals surface area contributed by atoms with Crippen molar-refractivity contribution in [3.8, 4) is 0 Å². The van der Waals surface area contributed by atoms with E-state index >= 15 is 0 Å². The molecule has 0 heterocycles. The van der Waals surface area contributed by atoms with Gasteiger partial charge in [-0.25, -0.2) is 4.79 Å². The molecule has 0 saturated carbocycles. The van der Waals surface area contributed by atoms with E-state index in [4.69, 9.17) is 17.0 Å². The zero-order chi connectivity index (χ0) is 9.56. The Balaban J connectivity index is 3.62. The van der Waals surface area contributed by atoms with Crippen LogP contribution in [0.25, 0.3) is 0 Å². The Morgan fingerprint density at radius 3 is 2.67 bits per heavy atom. The minimum Gasteiger partial charge on any atom is -0.458 e. The van der Waals surface area contributed by atoms with Crippen molar-refractivity contribution in [1.82, 2.24) is 5.32 Å². The summed E-state index contributed by atoms with van der Waals surface area (Å²) in [6.45, 7) is 6.06. The van der Waals surface area contributed by atoms with Gasteiger partial charge in [0.25, 0.3) is 0 Å². The highest BCUT2D eigenvalue weighted by Gasteiger charge is 2.07. The summed E-state index contributed by atoms with van der Waals surface area (Å²) in [7, 11) is 0. The Kier molecular flexibility index (Phi) is 6.10. The standard InChI is InChI=1S/C7H13NO2S2/c1-4-10-7(9)12-6(11)8-5(2)3/h5H,4H2,1-3H3,(H,8,11). The van der Waals surface area contributed by atoms with Gasteiger partial charge in [0.2, 0.25) is 0 Å². The van der Waals surface area contributed by atoms with Crippen LogP contribution in [-0.2, 0) is 4.74 Å². The molecular formula is C7H13NO2S2. The van der Waals surface area contributed by atoms with E-state index in [0.29, 0.717) is 10.9 Å². The van der Waals surface area contributed by atoms with Gasteiger partial charge in [-0.2, -0.15) is 0 Å². The van der Waals surface area contributed by atoms with Gasteiger partial charge in [-0.3, -0.25) is 0 Å². The summed E-state index contributed by atoms with van der Waals surface area (Å²) in [6, 6.07) is 0.249. The van der Waals surface area contributed by atoms with Crippen LogP contribution in [-0.4, -0.2) is 22.3 Å². The number of thioether (sulfide) groups is 1. The van der Waals surface area contributed by atoms with Gasteiger partial charge < -0.3 is 10.1 Å². The fourth-order valence-corrected chi connectivity index (χ4v) is 1.55. The fraction of sp³-hybridized carbons (Fsp3) is 0.714. The molecule has 0 aliphatic heterocycles. The van der Waals surface area contributed by atoms with Gasteiger partial charge in [-0.15, -0.1) is 0 Å². The van der Waals surface area contributed by atoms with Crippen molar-refractivity contribution in [2.75, 3.05) is 6.61 Å². The van der Waals surface area contributed by atoms with Gasteiger partial charge in [0.15, 0.2) is 0 Å². The summed E-state index contributed by atoms with van der Waals surface area (Å²) in [5.74, 6) is 0. The van der Waals surface area contributed by atoms with E-state index in [-0.39, 0.29) is 11.3 Å². The summed E-state index contributed by atoms with van der Waals surface area (Å²) in [6.07, 6.45) is 0.